The first-order chi connectivity index (χ1) is 9.33. The van der Waals surface area contributed by atoms with Gasteiger partial charge in [-0.25, -0.2) is 13.2 Å². The van der Waals surface area contributed by atoms with Crippen molar-refractivity contribution in [3.8, 4) is 0 Å². The number of amides is 2. The smallest absolute Gasteiger partial charge is 0.315 e. The number of anilines is 1. The Balaban J connectivity index is 1.99. The summed E-state index contributed by atoms with van der Waals surface area (Å²) in [6.45, 7) is 1.85. The maximum absolute atomic E-state index is 11.7. The quantitative estimate of drug-likeness (QED) is 0.771. The van der Waals surface area contributed by atoms with Crippen molar-refractivity contribution < 1.29 is 13.2 Å². The first-order valence-corrected chi connectivity index (χ1v) is 8.37. The van der Waals surface area contributed by atoms with E-state index in [9.17, 15) is 13.2 Å². The highest BCUT2D eigenvalue weighted by Crippen LogP contribution is 2.20. The second-order valence-electron chi connectivity index (χ2n) is 5.11. The van der Waals surface area contributed by atoms with E-state index >= 15 is 0 Å². The van der Waals surface area contributed by atoms with Gasteiger partial charge in [0.15, 0.2) is 0 Å². The molecule has 0 radical (unpaired) electrons. The molecule has 3 N–H and O–H groups in total. The fourth-order valence-electron chi connectivity index (χ4n) is 1.82. The second-order valence-corrected chi connectivity index (χ2v) is 6.86. The lowest BCUT2D eigenvalue weighted by Crippen LogP contribution is -2.38. The summed E-state index contributed by atoms with van der Waals surface area (Å²) >= 11 is 0. The van der Waals surface area contributed by atoms with Crippen LogP contribution >= 0.6 is 0 Å². The van der Waals surface area contributed by atoms with Gasteiger partial charge < -0.3 is 10.6 Å². The molecular formula is C13H19N3O3S. The van der Waals surface area contributed by atoms with Crippen molar-refractivity contribution in [2.24, 2.45) is 0 Å². The molecule has 6 nitrogen and oxygen atoms in total. The van der Waals surface area contributed by atoms with Crippen LogP contribution in [0.25, 0.3) is 0 Å². The van der Waals surface area contributed by atoms with Gasteiger partial charge in [0, 0.05) is 11.7 Å². The molecule has 1 aromatic rings. The van der Waals surface area contributed by atoms with Crippen LogP contribution < -0.4 is 15.4 Å². The van der Waals surface area contributed by atoms with Crippen LogP contribution in [-0.4, -0.2) is 26.7 Å². The number of nitrogens with one attached hydrogen (secondary N) is 3. The van der Waals surface area contributed by atoms with Gasteiger partial charge in [-0.2, -0.15) is 0 Å². The Labute approximate surface area is 119 Å². The minimum absolute atomic E-state index is 0.193. The highest BCUT2D eigenvalue weighted by molar-refractivity contribution is 7.92. The van der Waals surface area contributed by atoms with Crippen LogP contribution in [0.4, 0.5) is 10.5 Å². The molecule has 0 unspecified atom stereocenters. The highest BCUT2D eigenvalue weighted by Gasteiger charge is 2.23. The van der Waals surface area contributed by atoms with Gasteiger partial charge in [0.25, 0.3) is 0 Å². The first-order valence-electron chi connectivity index (χ1n) is 6.48. The molecule has 20 heavy (non-hydrogen) atoms. The molecule has 2 amide bonds. The van der Waals surface area contributed by atoms with Gasteiger partial charge in [0.05, 0.1) is 12.3 Å². The molecule has 1 aliphatic carbocycles. The van der Waals surface area contributed by atoms with Gasteiger partial charge in [0.2, 0.25) is 10.0 Å². The van der Waals surface area contributed by atoms with Gasteiger partial charge in [-0.05, 0) is 37.5 Å². The molecule has 1 aromatic carbocycles. The Morgan fingerprint density at radius 1 is 1.35 bits per heavy atom. The number of urea groups is 1. The topological polar surface area (TPSA) is 87.3 Å². The zero-order valence-electron chi connectivity index (χ0n) is 11.5. The predicted octanol–water partition coefficient (Wildman–Crippen LogP) is 1.58. The molecule has 1 fully saturated rings. The Bertz CT molecular complexity index is 597. The molecule has 0 heterocycles. The van der Waals surface area contributed by atoms with E-state index in [1.54, 1.807) is 18.2 Å². The van der Waals surface area contributed by atoms with Crippen LogP contribution in [0.5, 0.6) is 0 Å². The second kappa shape index (κ2) is 5.70. The average molecular weight is 297 g/mol. The van der Waals surface area contributed by atoms with Gasteiger partial charge in [-0.3, -0.25) is 4.72 Å². The van der Waals surface area contributed by atoms with Crippen LogP contribution in [0.2, 0.25) is 0 Å². The van der Waals surface area contributed by atoms with E-state index in [4.69, 9.17) is 0 Å². The number of hydrogen-bond acceptors (Lipinski definition) is 3. The molecule has 2 rings (SSSR count). The van der Waals surface area contributed by atoms with E-state index in [1.165, 1.54) is 0 Å². The summed E-state index contributed by atoms with van der Waals surface area (Å²) in [5.41, 5.74) is 1.32. The molecule has 1 saturated carbocycles. The Morgan fingerprint density at radius 2 is 2.05 bits per heavy atom. The maximum Gasteiger partial charge on any atom is 0.315 e. The maximum atomic E-state index is 11.7. The normalized spacial score (nSPS) is 16.3. The zero-order valence-corrected chi connectivity index (χ0v) is 12.3. The molecule has 0 spiro atoms. The van der Waals surface area contributed by atoms with Gasteiger partial charge in [0.1, 0.15) is 0 Å². The third-order valence-electron chi connectivity index (χ3n) is 2.95. The highest BCUT2D eigenvalue weighted by atomic mass is 32.2. The monoisotopic (exact) mass is 297 g/mol. The zero-order chi connectivity index (χ0) is 14.8. The van der Waals surface area contributed by atoms with E-state index < -0.39 is 10.0 Å². The summed E-state index contributed by atoms with van der Waals surface area (Å²) in [5.74, 6) is 0. The van der Waals surface area contributed by atoms with Gasteiger partial charge in [-0.1, -0.05) is 12.1 Å². The number of benzene rings is 1. The van der Waals surface area contributed by atoms with Crippen molar-refractivity contribution in [3.63, 3.8) is 0 Å². The Morgan fingerprint density at radius 3 is 2.65 bits per heavy atom. The van der Waals surface area contributed by atoms with E-state index in [0.29, 0.717) is 11.7 Å². The minimum Gasteiger partial charge on any atom is -0.335 e. The summed E-state index contributed by atoms with van der Waals surface area (Å²) in [7, 11) is -3.30. The van der Waals surface area contributed by atoms with Crippen LogP contribution in [0.1, 0.15) is 31.4 Å². The SMILES string of the molecule is C[C@H](NC(=O)NC1CC1)c1cccc(NS(C)(=O)=O)c1. The molecule has 110 valence electrons. The van der Waals surface area contributed by atoms with Crippen LogP contribution in [0.3, 0.4) is 0 Å². The lowest BCUT2D eigenvalue weighted by molar-refractivity contribution is 0.237. The standard InChI is InChI=1S/C13H19N3O3S/c1-9(14-13(17)15-11-6-7-11)10-4-3-5-12(8-10)16-20(2,18)19/h3-5,8-9,11,16H,6-7H2,1-2H3,(H2,14,15,17)/t9-/m0/s1. The third kappa shape index (κ3) is 4.73. The van der Waals surface area contributed by atoms with Crippen molar-refractivity contribution in [2.75, 3.05) is 11.0 Å². The van der Waals surface area contributed by atoms with Gasteiger partial charge in [-0.15, -0.1) is 0 Å². The summed E-state index contributed by atoms with van der Waals surface area (Å²) in [4.78, 5) is 11.7. The summed E-state index contributed by atoms with van der Waals surface area (Å²) < 4.78 is 24.8. The van der Waals surface area contributed by atoms with Crippen LogP contribution in [0, 0.1) is 0 Å². The molecule has 0 aromatic heterocycles. The molecule has 0 bridgehead atoms. The fourth-order valence-corrected chi connectivity index (χ4v) is 2.38. The van der Waals surface area contributed by atoms with Crippen LogP contribution in [0.15, 0.2) is 24.3 Å². The molecule has 1 atom stereocenters. The van der Waals surface area contributed by atoms with E-state index in [1.807, 2.05) is 13.0 Å². The molecular weight excluding hydrogens is 278 g/mol. The number of hydrogen-bond donors (Lipinski definition) is 3. The molecule has 7 heteroatoms. The fraction of sp³-hybridized carbons (Fsp3) is 0.462. The van der Waals surface area contributed by atoms with E-state index in [-0.39, 0.29) is 12.1 Å². The number of carbonyl (C=O) groups is 1. The van der Waals surface area contributed by atoms with Crippen molar-refractivity contribution in [3.05, 3.63) is 29.8 Å². The van der Waals surface area contributed by atoms with Gasteiger partial charge >= 0.3 is 6.03 Å². The van der Waals surface area contributed by atoms with Crippen molar-refractivity contribution in [1.82, 2.24) is 10.6 Å². The summed E-state index contributed by atoms with van der Waals surface area (Å²) in [6.07, 6.45) is 3.18. The Hall–Kier alpha value is -1.76. The molecule has 0 aliphatic heterocycles. The van der Waals surface area contributed by atoms with Crippen molar-refractivity contribution in [1.29, 1.82) is 0 Å². The lowest BCUT2D eigenvalue weighted by atomic mass is 10.1. The first kappa shape index (κ1) is 14.6. The predicted molar refractivity (Wildman–Crippen MR) is 78.0 cm³/mol. The Kier molecular flexibility index (Phi) is 4.17. The summed E-state index contributed by atoms with van der Waals surface area (Å²) in [5, 5.41) is 5.68. The largest absolute Gasteiger partial charge is 0.335 e. The average Bonchev–Trinajstić information content (AvgIpc) is 3.10. The number of sulfonamides is 1. The summed E-state index contributed by atoms with van der Waals surface area (Å²) in [6, 6.07) is 6.89. The van der Waals surface area contributed by atoms with E-state index in [2.05, 4.69) is 15.4 Å². The number of rotatable bonds is 5. The van der Waals surface area contributed by atoms with Crippen LogP contribution in [-0.2, 0) is 10.0 Å². The number of carbonyl (C=O) groups excluding carboxylic acids is 1. The lowest BCUT2D eigenvalue weighted by Gasteiger charge is -2.16. The minimum atomic E-state index is -3.30. The molecule has 0 saturated heterocycles. The molecule has 1 aliphatic rings. The van der Waals surface area contributed by atoms with E-state index in [0.717, 1.165) is 24.7 Å². The van der Waals surface area contributed by atoms with Crippen molar-refractivity contribution >= 4 is 21.7 Å². The third-order valence-corrected chi connectivity index (χ3v) is 3.56. The van der Waals surface area contributed by atoms with Crippen molar-refractivity contribution in [2.45, 2.75) is 31.8 Å².